The van der Waals surface area contributed by atoms with Crippen LogP contribution in [0.25, 0.3) is 22.4 Å². The zero-order valence-electron chi connectivity index (χ0n) is 14.2. The van der Waals surface area contributed by atoms with E-state index in [9.17, 15) is 9.18 Å². The van der Waals surface area contributed by atoms with Crippen LogP contribution in [0.2, 0.25) is 0 Å². The lowest BCUT2D eigenvalue weighted by Gasteiger charge is -2.05. The van der Waals surface area contributed by atoms with Gasteiger partial charge in [-0.3, -0.25) is 5.10 Å². The molecule has 0 aliphatic carbocycles. The van der Waals surface area contributed by atoms with Gasteiger partial charge < -0.3 is 9.15 Å². The van der Waals surface area contributed by atoms with E-state index in [-0.39, 0.29) is 5.82 Å². The van der Waals surface area contributed by atoms with E-state index in [1.54, 1.807) is 37.4 Å². The summed E-state index contributed by atoms with van der Waals surface area (Å²) < 4.78 is 24.3. The lowest BCUT2D eigenvalue weighted by atomic mass is 10.1. The predicted octanol–water partition coefficient (Wildman–Crippen LogP) is 4.02. The molecule has 0 amide bonds. The molecule has 8 heteroatoms. The lowest BCUT2D eigenvalue weighted by molar-refractivity contribution is 0.414. The number of aromatic nitrogens is 3. The topological polar surface area (TPSA) is 81.0 Å². The molecule has 0 radical (unpaired) electrons. The molecule has 0 fully saturated rings. The average molecular weight is 383 g/mol. The van der Waals surface area contributed by atoms with Gasteiger partial charge in [0.05, 0.1) is 12.7 Å². The Hall–Kier alpha value is -3.13. The number of fused-ring (bicyclic) bond motifs is 1. The second-order valence-electron chi connectivity index (χ2n) is 5.69. The van der Waals surface area contributed by atoms with Crippen LogP contribution >= 0.6 is 11.8 Å². The first-order chi connectivity index (χ1) is 13.1. The third kappa shape index (κ3) is 3.56. The molecule has 0 aliphatic rings. The Morgan fingerprint density at radius 1 is 1.22 bits per heavy atom. The Bertz CT molecular complexity index is 1170. The highest BCUT2D eigenvalue weighted by molar-refractivity contribution is 7.98. The monoisotopic (exact) mass is 383 g/mol. The summed E-state index contributed by atoms with van der Waals surface area (Å²) in [7, 11) is 1.55. The summed E-state index contributed by atoms with van der Waals surface area (Å²) in [5.41, 5.74) is 1.17. The van der Waals surface area contributed by atoms with E-state index in [2.05, 4.69) is 15.2 Å². The largest absolute Gasteiger partial charge is 0.497 e. The van der Waals surface area contributed by atoms with Gasteiger partial charge in [0.2, 0.25) is 5.16 Å². The molecular weight excluding hydrogens is 369 g/mol. The zero-order chi connectivity index (χ0) is 18.8. The third-order valence-electron chi connectivity index (χ3n) is 3.99. The summed E-state index contributed by atoms with van der Waals surface area (Å²) in [6, 6.07) is 13.1. The van der Waals surface area contributed by atoms with Gasteiger partial charge in [-0.05, 0) is 29.8 Å². The van der Waals surface area contributed by atoms with Crippen LogP contribution in [0.15, 0.2) is 62.9 Å². The van der Waals surface area contributed by atoms with Gasteiger partial charge in [0, 0.05) is 23.3 Å². The molecule has 0 unspecified atom stereocenters. The van der Waals surface area contributed by atoms with Gasteiger partial charge in [0.15, 0.2) is 5.82 Å². The number of ether oxygens (including phenoxy) is 1. The minimum atomic E-state index is -0.437. The predicted molar refractivity (Wildman–Crippen MR) is 100 cm³/mol. The van der Waals surface area contributed by atoms with Crippen molar-refractivity contribution in [1.29, 1.82) is 0 Å². The van der Waals surface area contributed by atoms with Crippen molar-refractivity contribution in [1.82, 2.24) is 15.2 Å². The number of hydrogen-bond acceptors (Lipinski definition) is 6. The second-order valence-corrected chi connectivity index (χ2v) is 6.63. The van der Waals surface area contributed by atoms with Crippen LogP contribution in [0.5, 0.6) is 5.75 Å². The summed E-state index contributed by atoms with van der Waals surface area (Å²) >= 11 is 1.34. The van der Waals surface area contributed by atoms with Crippen molar-refractivity contribution in [2.75, 3.05) is 7.11 Å². The molecule has 0 aliphatic heterocycles. The van der Waals surface area contributed by atoms with E-state index >= 15 is 0 Å². The van der Waals surface area contributed by atoms with Crippen molar-refractivity contribution in [3.63, 3.8) is 0 Å². The Balaban J connectivity index is 1.59. The Morgan fingerprint density at radius 2 is 2.07 bits per heavy atom. The van der Waals surface area contributed by atoms with Crippen molar-refractivity contribution in [2.45, 2.75) is 10.9 Å². The van der Waals surface area contributed by atoms with E-state index in [1.165, 1.54) is 23.9 Å². The number of thioether (sulfide) groups is 1. The van der Waals surface area contributed by atoms with Gasteiger partial charge in [-0.25, -0.2) is 14.2 Å². The number of nitrogens with zero attached hydrogens (tertiary/aromatic N) is 2. The number of methoxy groups -OCH3 is 1. The number of hydrogen-bond donors (Lipinski definition) is 1. The maximum Gasteiger partial charge on any atom is 0.336 e. The van der Waals surface area contributed by atoms with Crippen molar-refractivity contribution in [2.24, 2.45) is 0 Å². The second kappa shape index (κ2) is 7.24. The summed E-state index contributed by atoms with van der Waals surface area (Å²) in [5, 5.41) is 8.14. The standard InChI is InChI=1S/C19H14FN3O3S/c1-25-12-6-7-13-11(8-17(24)26-16(13)9-12)10-27-19-21-18(22-23-19)14-4-2-3-5-15(14)20/h2-9H,10H2,1H3,(H,21,22,23). The normalized spacial score (nSPS) is 11.0. The summed E-state index contributed by atoms with van der Waals surface area (Å²) in [5.74, 6) is 1.06. The Labute approximate surface area is 157 Å². The van der Waals surface area contributed by atoms with Gasteiger partial charge in [0.1, 0.15) is 17.1 Å². The SMILES string of the molecule is COc1ccc2c(CSc3n[nH]c(-c4ccccc4F)n3)cc(=O)oc2c1. The highest BCUT2D eigenvalue weighted by atomic mass is 32.2. The van der Waals surface area contributed by atoms with E-state index in [4.69, 9.17) is 9.15 Å². The highest BCUT2D eigenvalue weighted by Gasteiger charge is 2.12. The number of aromatic amines is 1. The minimum Gasteiger partial charge on any atom is -0.497 e. The zero-order valence-corrected chi connectivity index (χ0v) is 15.0. The fraction of sp³-hybridized carbons (Fsp3) is 0.105. The number of H-pyrrole nitrogens is 1. The van der Waals surface area contributed by atoms with E-state index in [0.717, 1.165) is 10.9 Å². The van der Waals surface area contributed by atoms with Crippen LogP contribution in [0, 0.1) is 5.82 Å². The third-order valence-corrected chi connectivity index (χ3v) is 4.88. The molecule has 136 valence electrons. The van der Waals surface area contributed by atoms with Gasteiger partial charge in [0.25, 0.3) is 0 Å². The van der Waals surface area contributed by atoms with Crippen LogP contribution in [0.1, 0.15) is 5.56 Å². The first-order valence-corrected chi connectivity index (χ1v) is 9.03. The lowest BCUT2D eigenvalue weighted by Crippen LogP contribution is -2.00. The highest BCUT2D eigenvalue weighted by Crippen LogP contribution is 2.28. The van der Waals surface area contributed by atoms with Crippen LogP contribution in [0.3, 0.4) is 0 Å². The van der Waals surface area contributed by atoms with Crippen LogP contribution in [0.4, 0.5) is 4.39 Å². The quantitative estimate of drug-likeness (QED) is 0.414. The van der Waals surface area contributed by atoms with Crippen molar-refractivity contribution in [3.8, 4) is 17.1 Å². The van der Waals surface area contributed by atoms with E-state index in [0.29, 0.717) is 33.6 Å². The van der Waals surface area contributed by atoms with Gasteiger partial charge >= 0.3 is 5.63 Å². The van der Waals surface area contributed by atoms with E-state index < -0.39 is 5.63 Å². The maximum atomic E-state index is 13.9. The Morgan fingerprint density at radius 3 is 2.89 bits per heavy atom. The summed E-state index contributed by atoms with van der Waals surface area (Å²) in [6.45, 7) is 0. The molecule has 2 aromatic carbocycles. The van der Waals surface area contributed by atoms with E-state index in [1.807, 2.05) is 6.07 Å². The molecule has 4 rings (SSSR count). The number of benzene rings is 2. The molecule has 0 atom stereocenters. The molecule has 0 saturated carbocycles. The molecule has 27 heavy (non-hydrogen) atoms. The number of nitrogens with one attached hydrogen (secondary N) is 1. The first-order valence-electron chi connectivity index (χ1n) is 8.05. The van der Waals surface area contributed by atoms with Gasteiger partial charge in [-0.15, -0.1) is 5.10 Å². The molecule has 6 nitrogen and oxygen atoms in total. The van der Waals surface area contributed by atoms with Crippen LogP contribution in [-0.4, -0.2) is 22.3 Å². The fourth-order valence-corrected chi connectivity index (χ4v) is 3.47. The number of halogens is 1. The molecule has 0 bridgehead atoms. The maximum absolute atomic E-state index is 13.9. The first kappa shape index (κ1) is 17.3. The Kier molecular flexibility index (Phi) is 4.64. The molecule has 0 saturated heterocycles. The molecular formula is C19H14FN3O3S. The van der Waals surface area contributed by atoms with Crippen LogP contribution in [-0.2, 0) is 5.75 Å². The molecule has 4 aromatic rings. The van der Waals surface area contributed by atoms with Crippen molar-refractivity contribution >= 4 is 22.7 Å². The fourth-order valence-electron chi connectivity index (χ4n) is 2.68. The van der Waals surface area contributed by atoms with Gasteiger partial charge in [-0.2, -0.15) is 0 Å². The average Bonchev–Trinajstić information content (AvgIpc) is 3.14. The van der Waals surface area contributed by atoms with Crippen molar-refractivity contribution in [3.05, 3.63) is 70.3 Å². The smallest absolute Gasteiger partial charge is 0.336 e. The number of rotatable bonds is 5. The summed E-state index contributed by atoms with van der Waals surface area (Å²) in [6.07, 6.45) is 0. The molecule has 0 spiro atoms. The van der Waals surface area contributed by atoms with Gasteiger partial charge in [-0.1, -0.05) is 23.9 Å². The minimum absolute atomic E-state index is 0.356. The van der Waals surface area contributed by atoms with Crippen molar-refractivity contribution < 1.29 is 13.5 Å². The van der Waals surface area contributed by atoms with Crippen LogP contribution < -0.4 is 10.4 Å². The molecule has 1 N–H and O–H groups in total. The molecule has 2 aromatic heterocycles. The molecule has 2 heterocycles. The summed E-state index contributed by atoms with van der Waals surface area (Å²) in [4.78, 5) is 16.2.